The molecule has 0 aromatic carbocycles. The summed E-state index contributed by atoms with van der Waals surface area (Å²) in [6.07, 6.45) is 1.57. The van der Waals surface area contributed by atoms with Crippen molar-refractivity contribution in [2.45, 2.75) is 13.8 Å². The lowest BCUT2D eigenvalue weighted by atomic mass is 10.2. The number of furan rings is 1. The highest BCUT2D eigenvalue weighted by molar-refractivity contribution is 5.98. The van der Waals surface area contributed by atoms with E-state index in [1.165, 1.54) is 0 Å². The van der Waals surface area contributed by atoms with Gasteiger partial charge in [-0.05, 0) is 19.9 Å². The highest BCUT2D eigenvalue weighted by Gasteiger charge is 2.01. The van der Waals surface area contributed by atoms with Gasteiger partial charge in [0.15, 0.2) is 0 Å². The van der Waals surface area contributed by atoms with Crippen molar-refractivity contribution in [3.8, 4) is 0 Å². The Labute approximate surface area is 75.6 Å². The van der Waals surface area contributed by atoms with Gasteiger partial charge < -0.3 is 10.2 Å². The Morgan fingerprint density at radius 3 is 2.85 bits per heavy atom. The van der Waals surface area contributed by atoms with Crippen LogP contribution in [-0.2, 0) is 0 Å². The first-order valence-corrected chi connectivity index (χ1v) is 3.75. The zero-order valence-corrected chi connectivity index (χ0v) is 7.50. The summed E-state index contributed by atoms with van der Waals surface area (Å²) in [7, 11) is 0. The van der Waals surface area contributed by atoms with Crippen molar-refractivity contribution in [3.63, 3.8) is 0 Å². The average Bonchev–Trinajstić information content (AvgIpc) is 2.47. The number of urea groups is 1. The molecule has 1 rings (SSSR count). The second-order valence-corrected chi connectivity index (χ2v) is 2.62. The van der Waals surface area contributed by atoms with Crippen molar-refractivity contribution in [2.24, 2.45) is 10.8 Å². The molecule has 1 aromatic heterocycles. The van der Waals surface area contributed by atoms with Crippen LogP contribution < -0.4 is 11.2 Å². The van der Waals surface area contributed by atoms with E-state index in [9.17, 15) is 4.79 Å². The average molecular weight is 181 g/mol. The molecule has 70 valence electrons. The normalized spacial score (nSPS) is 11.4. The number of aryl methyl sites for hydroxylation is 1. The minimum Gasteiger partial charge on any atom is -0.469 e. The largest absolute Gasteiger partial charge is 0.469 e. The lowest BCUT2D eigenvalue weighted by Gasteiger charge is -1.95. The third-order valence-corrected chi connectivity index (χ3v) is 1.48. The van der Waals surface area contributed by atoms with Gasteiger partial charge in [-0.1, -0.05) is 0 Å². The molecule has 13 heavy (non-hydrogen) atoms. The molecular weight excluding hydrogens is 170 g/mol. The van der Waals surface area contributed by atoms with Gasteiger partial charge in [-0.25, -0.2) is 10.2 Å². The van der Waals surface area contributed by atoms with E-state index >= 15 is 0 Å². The van der Waals surface area contributed by atoms with Crippen LogP contribution in [0.25, 0.3) is 0 Å². The molecule has 0 aliphatic rings. The standard InChI is InChI=1S/C8H11N3O2/c1-5-3-7(4-13-5)6(2)10-11-8(9)12/h3-4H,1-2H3,(H3,9,11,12)/b10-6+. The Bertz CT molecular complexity index is 341. The number of nitrogens with two attached hydrogens (primary N) is 1. The van der Waals surface area contributed by atoms with Crippen LogP contribution in [0.2, 0.25) is 0 Å². The minimum absolute atomic E-state index is 0.649. The highest BCUT2D eigenvalue weighted by Crippen LogP contribution is 2.06. The Balaban J connectivity index is 2.72. The Kier molecular flexibility index (Phi) is 2.69. The number of hydrazone groups is 1. The van der Waals surface area contributed by atoms with E-state index in [1.807, 2.05) is 13.0 Å². The number of carbonyl (C=O) groups is 1. The molecule has 0 saturated heterocycles. The second kappa shape index (κ2) is 3.75. The predicted octanol–water partition coefficient (Wildman–Crippen LogP) is 0.980. The van der Waals surface area contributed by atoms with E-state index in [-0.39, 0.29) is 0 Å². The van der Waals surface area contributed by atoms with Gasteiger partial charge in [0.1, 0.15) is 5.76 Å². The van der Waals surface area contributed by atoms with Crippen LogP contribution in [0.3, 0.4) is 0 Å². The zero-order valence-electron chi connectivity index (χ0n) is 7.50. The van der Waals surface area contributed by atoms with Crippen molar-refractivity contribution >= 4 is 11.7 Å². The second-order valence-electron chi connectivity index (χ2n) is 2.62. The van der Waals surface area contributed by atoms with Crippen LogP contribution in [0.15, 0.2) is 21.8 Å². The molecule has 1 heterocycles. The Morgan fingerprint density at radius 1 is 1.69 bits per heavy atom. The first-order chi connectivity index (χ1) is 6.09. The zero-order chi connectivity index (χ0) is 9.84. The topological polar surface area (TPSA) is 80.6 Å². The number of nitrogens with one attached hydrogen (secondary N) is 1. The fraction of sp³-hybridized carbons (Fsp3) is 0.250. The third-order valence-electron chi connectivity index (χ3n) is 1.48. The number of rotatable bonds is 2. The lowest BCUT2D eigenvalue weighted by Crippen LogP contribution is -2.25. The van der Waals surface area contributed by atoms with Gasteiger partial charge in [0.2, 0.25) is 0 Å². The summed E-state index contributed by atoms with van der Waals surface area (Å²) in [6.45, 7) is 3.58. The maximum atomic E-state index is 10.3. The van der Waals surface area contributed by atoms with Crippen LogP contribution >= 0.6 is 0 Å². The Morgan fingerprint density at radius 2 is 2.38 bits per heavy atom. The van der Waals surface area contributed by atoms with Crippen molar-refractivity contribution in [1.82, 2.24) is 5.43 Å². The van der Waals surface area contributed by atoms with Crippen molar-refractivity contribution in [2.75, 3.05) is 0 Å². The van der Waals surface area contributed by atoms with Crippen molar-refractivity contribution in [3.05, 3.63) is 23.7 Å². The van der Waals surface area contributed by atoms with E-state index in [2.05, 4.69) is 10.5 Å². The van der Waals surface area contributed by atoms with Gasteiger partial charge in [0.05, 0.1) is 12.0 Å². The highest BCUT2D eigenvalue weighted by atomic mass is 16.3. The fourth-order valence-corrected chi connectivity index (χ4v) is 0.837. The third kappa shape index (κ3) is 2.62. The molecule has 2 amide bonds. The molecule has 0 bridgehead atoms. The summed E-state index contributed by atoms with van der Waals surface area (Å²) in [4.78, 5) is 10.3. The maximum absolute atomic E-state index is 10.3. The molecule has 0 unspecified atom stereocenters. The van der Waals surface area contributed by atoms with E-state index < -0.39 is 6.03 Å². The molecular formula is C8H11N3O2. The molecule has 0 saturated carbocycles. The molecule has 0 radical (unpaired) electrons. The van der Waals surface area contributed by atoms with Crippen LogP contribution in [0, 0.1) is 6.92 Å². The Hall–Kier alpha value is -1.78. The molecule has 0 spiro atoms. The van der Waals surface area contributed by atoms with E-state index in [4.69, 9.17) is 10.2 Å². The summed E-state index contributed by atoms with van der Waals surface area (Å²) in [5.41, 5.74) is 8.46. The number of primary amides is 1. The first-order valence-electron chi connectivity index (χ1n) is 3.75. The quantitative estimate of drug-likeness (QED) is 0.526. The summed E-state index contributed by atoms with van der Waals surface area (Å²) in [6, 6.07) is 1.14. The van der Waals surface area contributed by atoms with Gasteiger partial charge in [-0.3, -0.25) is 0 Å². The fourth-order valence-electron chi connectivity index (χ4n) is 0.837. The smallest absolute Gasteiger partial charge is 0.332 e. The number of amides is 2. The van der Waals surface area contributed by atoms with E-state index in [0.717, 1.165) is 11.3 Å². The molecule has 5 nitrogen and oxygen atoms in total. The summed E-state index contributed by atoms with van der Waals surface area (Å²) in [5, 5.41) is 3.74. The molecule has 0 aliphatic heterocycles. The molecule has 5 heteroatoms. The van der Waals surface area contributed by atoms with Gasteiger partial charge in [-0.2, -0.15) is 5.10 Å². The van der Waals surface area contributed by atoms with Gasteiger partial charge in [0.25, 0.3) is 0 Å². The van der Waals surface area contributed by atoms with Crippen LogP contribution in [0.1, 0.15) is 18.2 Å². The minimum atomic E-state index is -0.681. The molecule has 3 N–H and O–H groups in total. The molecule has 0 atom stereocenters. The van der Waals surface area contributed by atoms with Crippen molar-refractivity contribution in [1.29, 1.82) is 0 Å². The van der Waals surface area contributed by atoms with Crippen molar-refractivity contribution < 1.29 is 9.21 Å². The van der Waals surface area contributed by atoms with Crippen LogP contribution in [0.5, 0.6) is 0 Å². The molecule has 0 fully saturated rings. The summed E-state index contributed by atoms with van der Waals surface area (Å²) in [5.74, 6) is 0.795. The van der Waals surface area contributed by atoms with Gasteiger partial charge in [-0.15, -0.1) is 0 Å². The first kappa shape index (κ1) is 9.31. The number of nitrogens with zero attached hydrogens (tertiary/aromatic N) is 1. The SMILES string of the molecule is C/C(=N\NC(N)=O)c1coc(C)c1. The molecule has 1 aromatic rings. The lowest BCUT2D eigenvalue weighted by molar-refractivity contribution is 0.249. The molecule has 0 aliphatic carbocycles. The van der Waals surface area contributed by atoms with Gasteiger partial charge in [0, 0.05) is 5.56 Å². The van der Waals surface area contributed by atoms with Crippen LogP contribution in [0.4, 0.5) is 4.79 Å². The predicted molar refractivity (Wildman–Crippen MR) is 48.4 cm³/mol. The number of hydrogen-bond donors (Lipinski definition) is 2. The maximum Gasteiger partial charge on any atom is 0.332 e. The summed E-state index contributed by atoms with van der Waals surface area (Å²) < 4.78 is 5.07. The van der Waals surface area contributed by atoms with Crippen LogP contribution in [-0.4, -0.2) is 11.7 Å². The number of hydrogen-bond acceptors (Lipinski definition) is 3. The monoisotopic (exact) mass is 181 g/mol. The summed E-state index contributed by atoms with van der Waals surface area (Å²) >= 11 is 0. The van der Waals surface area contributed by atoms with E-state index in [1.54, 1.807) is 13.2 Å². The number of carbonyl (C=O) groups excluding carboxylic acids is 1. The van der Waals surface area contributed by atoms with Gasteiger partial charge >= 0.3 is 6.03 Å². The van der Waals surface area contributed by atoms with E-state index in [0.29, 0.717) is 5.71 Å².